The fraction of sp³-hybridized carbons (Fsp3) is 0.231. The molecule has 0 fully saturated rings. The number of aromatic nitrogens is 2. The summed E-state index contributed by atoms with van der Waals surface area (Å²) in [6.45, 7) is 1.68. The zero-order valence-electron chi connectivity index (χ0n) is 10.6. The summed E-state index contributed by atoms with van der Waals surface area (Å²) in [7, 11) is 1.49. The molecule has 1 aromatic heterocycles. The molecule has 100 valence electrons. The van der Waals surface area contributed by atoms with Gasteiger partial charge in [-0.2, -0.15) is 5.10 Å². The molecule has 0 aliphatic heterocycles. The highest BCUT2D eigenvalue weighted by molar-refractivity contribution is 9.10. The van der Waals surface area contributed by atoms with Gasteiger partial charge >= 0.3 is 0 Å². The van der Waals surface area contributed by atoms with Crippen LogP contribution < -0.4 is 5.32 Å². The molecule has 0 saturated heterocycles. The Bertz CT molecular complexity index is 583. The maximum absolute atomic E-state index is 11.7. The number of benzene rings is 1. The van der Waals surface area contributed by atoms with Crippen molar-refractivity contribution >= 4 is 27.7 Å². The van der Waals surface area contributed by atoms with Gasteiger partial charge in [-0.1, -0.05) is 34.1 Å². The van der Waals surface area contributed by atoms with Gasteiger partial charge in [-0.05, 0) is 13.0 Å². The summed E-state index contributed by atoms with van der Waals surface area (Å²) in [5.74, 6) is 0.243. The lowest BCUT2D eigenvalue weighted by Gasteiger charge is -2.07. The van der Waals surface area contributed by atoms with E-state index in [1.54, 1.807) is 13.0 Å². The molecule has 1 amide bonds. The second-order valence-corrected chi connectivity index (χ2v) is 4.87. The van der Waals surface area contributed by atoms with Crippen molar-refractivity contribution in [1.82, 2.24) is 10.2 Å². The van der Waals surface area contributed by atoms with Crippen LogP contribution in [0, 0.1) is 0 Å². The summed E-state index contributed by atoms with van der Waals surface area (Å²) < 4.78 is 5.90. The number of hydrogen-bond donors (Lipinski definition) is 2. The van der Waals surface area contributed by atoms with E-state index >= 15 is 0 Å². The molecule has 5 nitrogen and oxygen atoms in total. The zero-order valence-corrected chi connectivity index (χ0v) is 12.2. The fourth-order valence-corrected chi connectivity index (χ4v) is 2.04. The molecular weight excluding hydrogens is 310 g/mol. The van der Waals surface area contributed by atoms with Gasteiger partial charge < -0.3 is 10.1 Å². The van der Waals surface area contributed by atoms with Crippen LogP contribution >= 0.6 is 15.9 Å². The van der Waals surface area contributed by atoms with Crippen molar-refractivity contribution in [2.75, 3.05) is 12.4 Å². The Morgan fingerprint density at radius 1 is 1.47 bits per heavy atom. The van der Waals surface area contributed by atoms with Crippen LogP contribution in [-0.2, 0) is 9.53 Å². The maximum atomic E-state index is 11.7. The molecule has 0 saturated carbocycles. The summed E-state index contributed by atoms with van der Waals surface area (Å²) >= 11 is 3.47. The van der Waals surface area contributed by atoms with Crippen LogP contribution in [0.15, 0.2) is 34.8 Å². The maximum Gasteiger partial charge on any atom is 0.254 e. The Morgan fingerprint density at radius 3 is 2.89 bits per heavy atom. The van der Waals surface area contributed by atoms with E-state index in [1.807, 2.05) is 24.3 Å². The standard InChI is InChI=1S/C13H14BrN3O2/c1-8(19-2)13(18)15-12-7-11(16-17-12)9-5-3-4-6-10(9)14/h3-8H,1-2H3,(H2,15,16,17,18)/t8-/m0/s1. The number of H-pyrrole nitrogens is 1. The molecule has 1 aromatic carbocycles. The fourth-order valence-electron chi connectivity index (χ4n) is 1.54. The number of amides is 1. The van der Waals surface area contributed by atoms with Crippen molar-refractivity contribution in [2.24, 2.45) is 0 Å². The summed E-state index contributed by atoms with van der Waals surface area (Å²) in [5.41, 5.74) is 1.81. The highest BCUT2D eigenvalue weighted by Crippen LogP contribution is 2.27. The number of halogens is 1. The third kappa shape index (κ3) is 3.21. The third-order valence-corrected chi connectivity index (χ3v) is 3.41. The van der Waals surface area contributed by atoms with E-state index in [-0.39, 0.29) is 5.91 Å². The van der Waals surface area contributed by atoms with Crippen LogP contribution in [0.4, 0.5) is 5.82 Å². The number of carbonyl (C=O) groups is 1. The summed E-state index contributed by atoms with van der Waals surface area (Å²) in [5, 5.41) is 9.63. The van der Waals surface area contributed by atoms with Gasteiger partial charge in [0.1, 0.15) is 6.10 Å². The van der Waals surface area contributed by atoms with Gasteiger partial charge in [0.25, 0.3) is 5.91 Å². The molecule has 1 atom stereocenters. The number of nitrogens with one attached hydrogen (secondary N) is 2. The molecule has 0 aliphatic rings. The highest BCUT2D eigenvalue weighted by atomic mass is 79.9. The van der Waals surface area contributed by atoms with E-state index in [2.05, 4.69) is 31.4 Å². The lowest BCUT2D eigenvalue weighted by Crippen LogP contribution is -2.26. The number of ether oxygens (including phenoxy) is 1. The van der Waals surface area contributed by atoms with Crippen LogP contribution in [-0.4, -0.2) is 29.3 Å². The van der Waals surface area contributed by atoms with Gasteiger partial charge in [-0.15, -0.1) is 0 Å². The predicted octanol–water partition coefficient (Wildman–Crippen LogP) is 2.81. The van der Waals surface area contributed by atoms with Crippen molar-refractivity contribution in [1.29, 1.82) is 0 Å². The first-order valence-corrected chi connectivity index (χ1v) is 6.55. The van der Waals surface area contributed by atoms with E-state index in [4.69, 9.17) is 4.74 Å². The average molecular weight is 324 g/mol. The van der Waals surface area contributed by atoms with Crippen molar-refractivity contribution in [3.63, 3.8) is 0 Å². The lowest BCUT2D eigenvalue weighted by atomic mass is 10.1. The van der Waals surface area contributed by atoms with Crippen LogP contribution in [0.1, 0.15) is 6.92 Å². The third-order valence-electron chi connectivity index (χ3n) is 2.72. The smallest absolute Gasteiger partial charge is 0.254 e. The van der Waals surface area contributed by atoms with E-state index in [1.165, 1.54) is 7.11 Å². The van der Waals surface area contributed by atoms with Crippen LogP contribution in [0.2, 0.25) is 0 Å². The predicted molar refractivity (Wildman–Crippen MR) is 76.8 cm³/mol. The quantitative estimate of drug-likeness (QED) is 0.909. The Labute approximate surface area is 119 Å². The highest BCUT2D eigenvalue weighted by Gasteiger charge is 2.14. The van der Waals surface area contributed by atoms with Crippen LogP contribution in [0.25, 0.3) is 11.3 Å². The number of methoxy groups -OCH3 is 1. The van der Waals surface area contributed by atoms with Gasteiger partial charge in [-0.25, -0.2) is 0 Å². The summed E-state index contributed by atoms with van der Waals surface area (Å²) in [6, 6.07) is 9.56. The SMILES string of the molecule is CO[C@@H](C)C(=O)Nc1cc(-c2ccccc2Br)[nH]n1. The topological polar surface area (TPSA) is 67.0 Å². The number of hydrogen-bond acceptors (Lipinski definition) is 3. The van der Waals surface area contributed by atoms with Gasteiger partial charge in [0, 0.05) is 23.2 Å². The Balaban J connectivity index is 2.16. The second kappa shape index (κ2) is 5.99. The van der Waals surface area contributed by atoms with Gasteiger partial charge in [-0.3, -0.25) is 9.89 Å². The van der Waals surface area contributed by atoms with Crippen molar-refractivity contribution in [3.8, 4) is 11.3 Å². The van der Waals surface area contributed by atoms with Crippen LogP contribution in [0.3, 0.4) is 0 Å². The lowest BCUT2D eigenvalue weighted by molar-refractivity contribution is -0.124. The minimum absolute atomic E-state index is 0.229. The van der Waals surface area contributed by atoms with Gasteiger partial charge in [0.05, 0.1) is 5.69 Å². The Morgan fingerprint density at radius 2 is 2.21 bits per heavy atom. The average Bonchev–Trinajstić information content (AvgIpc) is 2.86. The monoisotopic (exact) mass is 323 g/mol. The van der Waals surface area contributed by atoms with Gasteiger partial charge in [0.2, 0.25) is 0 Å². The first-order chi connectivity index (χ1) is 9.11. The minimum Gasteiger partial charge on any atom is -0.372 e. The number of rotatable bonds is 4. The number of anilines is 1. The van der Waals surface area contributed by atoms with Crippen molar-refractivity contribution < 1.29 is 9.53 Å². The largest absolute Gasteiger partial charge is 0.372 e. The normalized spacial score (nSPS) is 12.2. The summed E-state index contributed by atoms with van der Waals surface area (Å²) in [6.07, 6.45) is -0.511. The first-order valence-electron chi connectivity index (χ1n) is 5.75. The number of carbonyl (C=O) groups excluding carboxylic acids is 1. The van der Waals surface area contributed by atoms with Gasteiger partial charge in [0.15, 0.2) is 5.82 Å². The molecule has 0 bridgehead atoms. The first kappa shape index (κ1) is 13.8. The Hall–Kier alpha value is -1.66. The molecule has 2 rings (SSSR count). The van der Waals surface area contributed by atoms with E-state index in [0.717, 1.165) is 15.7 Å². The van der Waals surface area contributed by atoms with Crippen molar-refractivity contribution in [2.45, 2.75) is 13.0 Å². The molecule has 0 radical (unpaired) electrons. The van der Waals surface area contributed by atoms with E-state index in [0.29, 0.717) is 5.82 Å². The molecule has 2 aromatic rings. The molecule has 0 unspecified atom stereocenters. The molecule has 0 aliphatic carbocycles. The number of nitrogens with zero attached hydrogens (tertiary/aromatic N) is 1. The molecular formula is C13H14BrN3O2. The Kier molecular flexibility index (Phi) is 4.34. The molecule has 2 N–H and O–H groups in total. The summed E-state index contributed by atoms with van der Waals surface area (Å²) in [4.78, 5) is 11.7. The zero-order chi connectivity index (χ0) is 13.8. The van der Waals surface area contributed by atoms with E-state index < -0.39 is 6.10 Å². The molecule has 6 heteroatoms. The number of aromatic amines is 1. The van der Waals surface area contributed by atoms with E-state index in [9.17, 15) is 4.79 Å². The van der Waals surface area contributed by atoms with Crippen molar-refractivity contribution in [3.05, 3.63) is 34.8 Å². The minimum atomic E-state index is -0.511. The second-order valence-electron chi connectivity index (χ2n) is 4.01. The molecule has 0 spiro atoms. The molecule has 1 heterocycles. The molecule has 19 heavy (non-hydrogen) atoms. The van der Waals surface area contributed by atoms with Crippen LogP contribution in [0.5, 0.6) is 0 Å².